The summed E-state index contributed by atoms with van der Waals surface area (Å²) in [5.41, 5.74) is 8.20. The predicted molar refractivity (Wildman–Crippen MR) is 81.2 cm³/mol. The molecule has 1 heterocycles. The van der Waals surface area contributed by atoms with Crippen molar-refractivity contribution in [2.45, 2.75) is 13.3 Å². The molecular weight excluding hydrogens is 242 g/mol. The van der Waals surface area contributed by atoms with E-state index in [2.05, 4.69) is 41.0 Å². The van der Waals surface area contributed by atoms with E-state index in [1.54, 1.807) is 0 Å². The molecular formula is C14H21N3S. The molecule has 2 rings (SSSR count). The minimum absolute atomic E-state index is 0.621. The number of piperazine rings is 1. The highest BCUT2D eigenvalue weighted by Crippen LogP contribution is 2.17. The number of anilines is 1. The molecule has 0 atom stereocenters. The Kier molecular flexibility index (Phi) is 4.55. The van der Waals surface area contributed by atoms with Gasteiger partial charge in [-0.3, -0.25) is 4.90 Å². The summed E-state index contributed by atoms with van der Waals surface area (Å²) < 4.78 is 0. The van der Waals surface area contributed by atoms with E-state index in [0.717, 1.165) is 39.1 Å². The molecule has 1 aromatic carbocycles. The quantitative estimate of drug-likeness (QED) is 0.840. The zero-order valence-electron chi connectivity index (χ0n) is 10.9. The van der Waals surface area contributed by atoms with Crippen molar-refractivity contribution in [1.29, 1.82) is 0 Å². The van der Waals surface area contributed by atoms with Crippen LogP contribution in [0.25, 0.3) is 0 Å². The van der Waals surface area contributed by atoms with Gasteiger partial charge < -0.3 is 10.6 Å². The molecule has 0 unspecified atom stereocenters. The Bertz CT molecular complexity index is 411. The summed E-state index contributed by atoms with van der Waals surface area (Å²) in [6.45, 7) is 7.49. The number of nitrogens with two attached hydrogens (primary N) is 1. The van der Waals surface area contributed by atoms with Gasteiger partial charge in [-0.05, 0) is 24.6 Å². The third kappa shape index (κ3) is 3.68. The van der Waals surface area contributed by atoms with Gasteiger partial charge in [0.1, 0.15) is 0 Å². The lowest BCUT2D eigenvalue weighted by Gasteiger charge is -2.36. The maximum atomic E-state index is 5.54. The Morgan fingerprint density at radius 2 is 2.00 bits per heavy atom. The number of nitrogens with zero attached hydrogens (tertiary/aromatic N) is 2. The summed E-state index contributed by atoms with van der Waals surface area (Å²) in [5.74, 6) is 0. The number of thiocarbonyl (C=S) groups is 1. The van der Waals surface area contributed by atoms with Crippen molar-refractivity contribution < 1.29 is 0 Å². The van der Waals surface area contributed by atoms with Gasteiger partial charge in [0.05, 0.1) is 4.99 Å². The zero-order valence-corrected chi connectivity index (χ0v) is 11.7. The van der Waals surface area contributed by atoms with Crippen molar-refractivity contribution in [2.24, 2.45) is 5.73 Å². The Balaban J connectivity index is 1.85. The highest BCUT2D eigenvalue weighted by atomic mass is 32.1. The van der Waals surface area contributed by atoms with Crippen LogP contribution >= 0.6 is 12.2 Å². The number of aryl methyl sites for hydroxylation is 1. The predicted octanol–water partition coefficient (Wildman–Crippen LogP) is 1.79. The molecule has 0 aromatic heterocycles. The Hall–Kier alpha value is -1.13. The van der Waals surface area contributed by atoms with Crippen molar-refractivity contribution in [1.82, 2.24) is 4.90 Å². The average molecular weight is 263 g/mol. The molecule has 0 radical (unpaired) electrons. The van der Waals surface area contributed by atoms with Gasteiger partial charge in [-0.1, -0.05) is 24.4 Å². The van der Waals surface area contributed by atoms with Crippen LogP contribution in [0, 0.1) is 6.92 Å². The molecule has 1 aliphatic heterocycles. The average Bonchev–Trinajstić information content (AvgIpc) is 2.37. The molecule has 0 saturated carbocycles. The summed E-state index contributed by atoms with van der Waals surface area (Å²) >= 11 is 4.92. The Morgan fingerprint density at radius 1 is 1.28 bits per heavy atom. The Morgan fingerprint density at radius 3 is 2.61 bits per heavy atom. The highest BCUT2D eigenvalue weighted by molar-refractivity contribution is 7.80. The first kappa shape index (κ1) is 13.3. The van der Waals surface area contributed by atoms with Gasteiger partial charge in [-0.25, -0.2) is 0 Å². The zero-order chi connectivity index (χ0) is 13.0. The van der Waals surface area contributed by atoms with Crippen LogP contribution in [-0.4, -0.2) is 42.6 Å². The smallest absolute Gasteiger partial charge is 0.0740 e. The van der Waals surface area contributed by atoms with Crippen LogP contribution in [0.1, 0.15) is 12.0 Å². The summed E-state index contributed by atoms with van der Waals surface area (Å²) in [5, 5.41) is 0. The van der Waals surface area contributed by atoms with Crippen molar-refractivity contribution in [3.05, 3.63) is 29.8 Å². The molecule has 0 bridgehead atoms. The minimum atomic E-state index is 0.621. The van der Waals surface area contributed by atoms with Gasteiger partial charge >= 0.3 is 0 Å². The highest BCUT2D eigenvalue weighted by Gasteiger charge is 2.16. The number of benzene rings is 1. The van der Waals surface area contributed by atoms with E-state index in [9.17, 15) is 0 Å². The largest absolute Gasteiger partial charge is 0.393 e. The normalized spacial score (nSPS) is 16.8. The van der Waals surface area contributed by atoms with Crippen molar-refractivity contribution in [2.75, 3.05) is 37.6 Å². The fourth-order valence-corrected chi connectivity index (χ4v) is 2.41. The topological polar surface area (TPSA) is 32.5 Å². The monoisotopic (exact) mass is 263 g/mol. The van der Waals surface area contributed by atoms with Gasteiger partial charge in [-0.15, -0.1) is 0 Å². The van der Waals surface area contributed by atoms with E-state index in [0.29, 0.717) is 4.99 Å². The lowest BCUT2D eigenvalue weighted by atomic mass is 10.2. The van der Waals surface area contributed by atoms with Crippen molar-refractivity contribution >= 4 is 22.9 Å². The molecule has 98 valence electrons. The fraction of sp³-hybridized carbons (Fsp3) is 0.500. The van der Waals surface area contributed by atoms with Crippen LogP contribution in [0.15, 0.2) is 24.3 Å². The molecule has 4 heteroatoms. The van der Waals surface area contributed by atoms with E-state index >= 15 is 0 Å². The van der Waals surface area contributed by atoms with Crippen LogP contribution in [0.5, 0.6) is 0 Å². The van der Waals surface area contributed by atoms with Gasteiger partial charge in [0.25, 0.3) is 0 Å². The molecule has 1 aliphatic rings. The molecule has 1 fully saturated rings. The molecule has 1 saturated heterocycles. The van der Waals surface area contributed by atoms with Gasteiger partial charge in [0, 0.05) is 44.8 Å². The number of hydrogen-bond acceptors (Lipinski definition) is 3. The Labute approximate surface area is 115 Å². The van der Waals surface area contributed by atoms with Crippen LogP contribution in [0.2, 0.25) is 0 Å². The molecule has 0 aliphatic carbocycles. The second-order valence-electron chi connectivity index (χ2n) is 4.88. The van der Waals surface area contributed by atoms with Gasteiger partial charge in [0.2, 0.25) is 0 Å². The minimum Gasteiger partial charge on any atom is -0.393 e. The first-order chi connectivity index (χ1) is 8.65. The van der Waals surface area contributed by atoms with Crippen molar-refractivity contribution in [3.8, 4) is 0 Å². The fourth-order valence-electron chi connectivity index (χ4n) is 2.32. The standard InChI is InChI=1S/C14H21N3S/c1-12-3-2-4-13(11-12)17-9-7-16(8-10-17)6-5-14(15)18/h2-4,11H,5-10H2,1H3,(H2,15,18). The number of hydrogen-bond donors (Lipinski definition) is 1. The van der Waals surface area contributed by atoms with E-state index < -0.39 is 0 Å². The van der Waals surface area contributed by atoms with E-state index in [1.165, 1.54) is 11.3 Å². The lowest BCUT2D eigenvalue weighted by Crippen LogP contribution is -2.47. The molecule has 18 heavy (non-hydrogen) atoms. The molecule has 2 N–H and O–H groups in total. The number of rotatable bonds is 4. The second kappa shape index (κ2) is 6.16. The van der Waals surface area contributed by atoms with E-state index in [4.69, 9.17) is 18.0 Å². The van der Waals surface area contributed by atoms with E-state index in [-0.39, 0.29) is 0 Å². The van der Waals surface area contributed by atoms with Crippen LogP contribution in [0.3, 0.4) is 0 Å². The first-order valence-corrected chi connectivity index (χ1v) is 6.88. The van der Waals surface area contributed by atoms with E-state index in [1.807, 2.05) is 0 Å². The molecule has 0 spiro atoms. The third-order valence-corrected chi connectivity index (χ3v) is 3.62. The SMILES string of the molecule is Cc1cccc(N2CCN(CCC(N)=S)CC2)c1. The van der Waals surface area contributed by atoms with Gasteiger partial charge in [0.15, 0.2) is 0 Å². The van der Waals surface area contributed by atoms with Gasteiger partial charge in [-0.2, -0.15) is 0 Å². The summed E-state index contributed by atoms with van der Waals surface area (Å²) in [6, 6.07) is 8.72. The second-order valence-corrected chi connectivity index (χ2v) is 5.41. The molecule has 3 nitrogen and oxygen atoms in total. The first-order valence-electron chi connectivity index (χ1n) is 6.47. The molecule has 0 amide bonds. The van der Waals surface area contributed by atoms with Crippen molar-refractivity contribution in [3.63, 3.8) is 0 Å². The van der Waals surface area contributed by atoms with Crippen LogP contribution < -0.4 is 10.6 Å². The maximum absolute atomic E-state index is 5.54. The summed E-state index contributed by atoms with van der Waals surface area (Å²) in [6.07, 6.45) is 0.833. The molecule has 1 aromatic rings. The van der Waals surface area contributed by atoms with Crippen LogP contribution in [0.4, 0.5) is 5.69 Å². The lowest BCUT2D eigenvalue weighted by molar-refractivity contribution is 0.265. The third-order valence-electron chi connectivity index (χ3n) is 3.41. The summed E-state index contributed by atoms with van der Waals surface area (Å²) in [4.78, 5) is 5.51. The summed E-state index contributed by atoms with van der Waals surface area (Å²) in [7, 11) is 0. The van der Waals surface area contributed by atoms with Crippen LogP contribution in [-0.2, 0) is 0 Å². The maximum Gasteiger partial charge on any atom is 0.0740 e.